The molecule has 5 nitrogen and oxygen atoms in total. The molecule has 1 atom stereocenters. The molecule has 22 heavy (non-hydrogen) atoms. The highest BCUT2D eigenvalue weighted by Gasteiger charge is 2.22. The summed E-state index contributed by atoms with van der Waals surface area (Å²) in [6, 6.07) is 1.98. The van der Waals surface area contributed by atoms with Crippen molar-refractivity contribution in [3.8, 4) is 0 Å². The molecule has 0 saturated heterocycles. The third-order valence-electron chi connectivity index (χ3n) is 2.62. The largest absolute Gasteiger partial charge is 0.481 e. The Kier molecular flexibility index (Phi) is 5.84. The number of hydrogen-bond donors (Lipinski definition) is 2. The van der Waals surface area contributed by atoms with E-state index in [2.05, 4.69) is 5.32 Å². The van der Waals surface area contributed by atoms with Crippen molar-refractivity contribution >= 4 is 12.1 Å². The molecule has 0 spiro atoms. The molecule has 1 rings (SSSR count). The van der Waals surface area contributed by atoms with E-state index in [-0.39, 0.29) is 12.0 Å². The Hall–Kier alpha value is -2.18. The minimum Gasteiger partial charge on any atom is -0.481 e. The van der Waals surface area contributed by atoms with Crippen molar-refractivity contribution < 1.29 is 28.2 Å². The molecule has 0 saturated carbocycles. The Morgan fingerprint density at radius 2 is 1.95 bits per heavy atom. The van der Waals surface area contributed by atoms with Gasteiger partial charge in [-0.3, -0.25) is 4.79 Å². The molecule has 1 amide bonds. The van der Waals surface area contributed by atoms with E-state index in [0.717, 1.165) is 18.2 Å². The van der Waals surface area contributed by atoms with E-state index < -0.39 is 41.8 Å². The fraction of sp³-hybridized carbons (Fsp3) is 0.467. The van der Waals surface area contributed by atoms with E-state index in [0.29, 0.717) is 0 Å². The molecule has 0 aliphatic carbocycles. The smallest absolute Gasteiger partial charge is 0.407 e. The molecule has 2 N–H and O–H groups in total. The lowest BCUT2D eigenvalue weighted by molar-refractivity contribution is -0.137. The topological polar surface area (TPSA) is 75.6 Å². The van der Waals surface area contributed by atoms with Crippen molar-refractivity contribution in [2.45, 2.75) is 45.3 Å². The van der Waals surface area contributed by atoms with E-state index in [1.165, 1.54) is 0 Å². The minimum atomic E-state index is -1.17. The van der Waals surface area contributed by atoms with Crippen LogP contribution in [-0.4, -0.2) is 28.8 Å². The summed E-state index contributed by atoms with van der Waals surface area (Å²) in [4.78, 5) is 22.6. The SMILES string of the molecule is CC(C)(C)OC(=O)N[C@H](CC(=O)O)Cc1cc(F)ccc1F. The molecule has 122 valence electrons. The summed E-state index contributed by atoms with van der Waals surface area (Å²) in [6.07, 6.45) is -1.40. The van der Waals surface area contributed by atoms with Crippen LogP contribution >= 0.6 is 0 Å². The number of hydrogen-bond acceptors (Lipinski definition) is 3. The van der Waals surface area contributed by atoms with Gasteiger partial charge in [0, 0.05) is 6.04 Å². The second-order valence-electron chi connectivity index (χ2n) is 5.88. The summed E-state index contributed by atoms with van der Waals surface area (Å²) >= 11 is 0. The summed E-state index contributed by atoms with van der Waals surface area (Å²) < 4.78 is 31.8. The molecule has 0 aliphatic rings. The van der Waals surface area contributed by atoms with Gasteiger partial charge in [0.05, 0.1) is 6.42 Å². The van der Waals surface area contributed by atoms with E-state index >= 15 is 0 Å². The van der Waals surface area contributed by atoms with Gasteiger partial charge in [0.15, 0.2) is 0 Å². The summed E-state index contributed by atoms with van der Waals surface area (Å²) in [7, 11) is 0. The van der Waals surface area contributed by atoms with Crippen LogP contribution in [0.25, 0.3) is 0 Å². The molecule has 0 fully saturated rings. The number of benzene rings is 1. The minimum absolute atomic E-state index is 0.0118. The molecule has 1 aromatic carbocycles. The van der Waals surface area contributed by atoms with Gasteiger partial charge in [-0.2, -0.15) is 0 Å². The lowest BCUT2D eigenvalue weighted by Crippen LogP contribution is -2.41. The Bertz CT molecular complexity index is 555. The zero-order valence-corrected chi connectivity index (χ0v) is 12.7. The number of ether oxygens (including phenoxy) is 1. The number of carbonyl (C=O) groups excluding carboxylic acids is 1. The standard InChI is InChI=1S/C15H19F2NO4/c1-15(2,3)22-14(21)18-11(8-13(19)20)7-9-6-10(16)4-5-12(9)17/h4-6,11H,7-8H2,1-3H3,(H,18,21)(H,19,20)/t11-/m0/s1. The maximum atomic E-state index is 13.6. The summed E-state index contributed by atoms with van der Waals surface area (Å²) in [5.74, 6) is -2.47. The Labute approximate surface area is 127 Å². The van der Waals surface area contributed by atoms with E-state index in [1.54, 1.807) is 20.8 Å². The summed E-state index contributed by atoms with van der Waals surface area (Å²) in [5.41, 5.74) is -0.760. The number of carboxylic acids is 1. The number of halogens is 2. The second kappa shape index (κ2) is 7.20. The van der Waals surface area contributed by atoms with Gasteiger partial charge in [-0.05, 0) is 51.0 Å². The number of rotatable bonds is 5. The maximum absolute atomic E-state index is 13.6. The van der Waals surface area contributed by atoms with Gasteiger partial charge in [-0.15, -0.1) is 0 Å². The van der Waals surface area contributed by atoms with Crippen molar-refractivity contribution in [2.24, 2.45) is 0 Å². The normalized spacial score (nSPS) is 12.6. The summed E-state index contributed by atoms with van der Waals surface area (Å²) in [6.45, 7) is 4.97. The quantitative estimate of drug-likeness (QED) is 0.876. The van der Waals surface area contributed by atoms with Crippen LogP contribution in [0.2, 0.25) is 0 Å². The lowest BCUT2D eigenvalue weighted by atomic mass is 10.0. The number of carbonyl (C=O) groups is 2. The predicted octanol–water partition coefficient (Wildman–Crippen LogP) is 2.88. The first-order chi connectivity index (χ1) is 10.1. The molecule has 1 aromatic rings. The van der Waals surface area contributed by atoms with Crippen molar-refractivity contribution in [3.05, 3.63) is 35.4 Å². The lowest BCUT2D eigenvalue weighted by Gasteiger charge is -2.23. The van der Waals surface area contributed by atoms with Gasteiger partial charge < -0.3 is 15.2 Å². The average molecular weight is 315 g/mol. The van der Waals surface area contributed by atoms with Crippen LogP contribution in [0.5, 0.6) is 0 Å². The van der Waals surface area contributed by atoms with Crippen LogP contribution in [0.1, 0.15) is 32.8 Å². The molecule has 0 radical (unpaired) electrons. The first-order valence-corrected chi connectivity index (χ1v) is 6.72. The van der Waals surface area contributed by atoms with Crippen LogP contribution in [-0.2, 0) is 16.0 Å². The van der Waals surface area contributed by atoms with Crippen molar-refractivity contribution in [1.82, 2.24) is 5.32 Å². The maximum Gasteiger partial charge on any atom is 0.407 e. The number of amides is 1. The van der Waals surface area contributed by atoms with Gasteiger partial charge >= 0.3 is 12.1 Å². The molecule has 7 heteroatoms. The third kappa shape index (κ3) is 6.51. The Morgan fingerprint density at radius 1 is 1.32 bits per heavy atom. The van der Waals surface area contributed by atoms with Gasteiger partial charge in [0.25, 0.3) is 0 Å². The number of nitrogens with one attached hydrogen (secondary N) is 1. The molecule has 0 unspecified atom stereocenters. The van der Waals surface area contributed by atoms with Crippen LogP contribution in [0, 0.1) is 11.6 Å². The first kappa shape index (κ1) is 17.9. The van der Waals surface area contributed by atoms with Gasteiger partial charge in [0.1, 0.15) is 17.2 Å². The molecular weight excluding hydrogens is 296 g/mol. The molecular formula is C15H19F2NO4. The zero-order valence-electron chi connectivity index (χ0n) is 12.7. The van der Waals surface area contributed by atoms with Crippen molar-refractivity contribution in [3.63, 3.8) is 0 Å². The number of alkyl carbamates (subject to hydrolysis) is 1. The Morgan fingerprint density at radius 3 is 2.50 bits per heavy atom. The molecule has 0 aromatic heterocycles. The van der Waals surface area contributed by atoms with Crippen LogP contribution in [0.15, 0.2) is 18.2 Å². The molecule has 0 heterocycles. The van der Waals surface area contributed by atoms with Gasteiger partial charge in [-0.25, -0.2) is 13.6 Å². The van der Waals surface area contributed by atoms with Crippen molar-refractivity contribution in [2.75, 3.05) is 0 Å². The molecule has 0 bridgehead atoms. The third-order valence-corrected chi connectivity index (χ3v) is 2.62. The van der Waals surface area contributed by atoms with Crippen LogP contribution in [0.3, 0.4) is 0 Å². The van der Waals surface area contributed by atoms with E-state index in [1.807, 2.05) is 0 Å². The van der Waals surface area contributed by atoms with E-state index in [9.17, 15) is 18.4 Å². The average Bonchev–Trinajstić information content (AvgIpc) is 2.30. The monoisotopic (exact) mass is 315 g/mol. The highest BCUT2D eigenvalue weighted by molar-refractivity contribution is 5.71. The van der Waals surface area contributed by atoms with Crippen LogP contribution < -0.4 is 5.32 Å². The van der Waals surface area contributed by atoms with Crippen molar-refractivity contribution in [1.29, 1.82) is 0 Å². The predicted molar refractivity (Wildman–Crippen MR) is 75.5 cm³/mol. The highest BCUT2D eigenvalue weighted by atomic mass is 19.1. The highest BCUT2D eigenvalue weighted by Crippen LogP contribution is 2.14. The van der Waals surface area contributed by atoms with Gasteiger partial charge in [0.2, 0.25) is 0 Å². The first-order valence-electron chi connectivity index (χ1n) is 6.72. The zero-order chi connectivity index (χ0) is 16.9. The second-order valence-corrected chi connectivity index (χ2v) is 5.88. The van der Waals surface area contributed by atoms with E-state index in [4.69, 9.17) is 9.84 Å². The summed E-state index contributed by atoms with van der Waals surface area (Å²) in [5, 5.41) is 11.2. The molecule has 0 aliphatic heterocycles. The number of carboxylic acid groups (broad SMARTS) is 1. The fourth-order valence-electron chi connectivity index (χ4n) is 1.82. The Balaban J connectivity index is 2.82. The van der Waals surface area contributed by atoms with Gasteiger partial charge in [-0.1, -0.05) is 0 Å². The number of aliphatic carboxylic acids is 1. The fourth-order valence-corrected chi connectivity index (χ4v) is 1.82. The van der Waals surface area contributed by atoms with Crippen LogP contribution in [0.4, 0.5) is 13.6 Å².